The number of anilines is 1. The average Bonchev–Trinajstić information content (AvgIpc) is 2.41. The first-order valence-corrected chi connectivity index (χ1v) is 7.63. The van der Waals surface area contributed by atoms with Crippen molar-refractivity contribution < 1.29 is 8.42 Å². The molecule has 0 aliphatic rings. The average molecular weight is 307 g/mol. The molecular weight excluding hydrogens is 294 g/mol. The Kier molecular flexibility index (Phi) is 4.01. The van der Waals surface area contributed by atoms with Gasteiger partial charge in [-0.05, 0) is 31.2 Å². The second-order valence-corrected chi connectivity index (χ2v) is 6.34. The third-order valence-corrected chi connectivity index (χ3v) is 4.18. The second kappa shape index (κ2) is 5.56. The zero-order valence-corrected chi connectivity index (χ0v) is 12.3. The van der Waals surface area contributed by atoms with Crippen LogP contribution in [0.15, 0.2) is 47.5 Å². The molecule has 7 heteroatoms. The molecule has 0 radical (unpaired) electrons. The molecule has 2 rings (SSSR count). The fraction of sp³-hybridized carbons (Fsp3) is 0.0769. The standard InChI is InChI=1S/C13H13N3O2S2/c1-9-2-4-10(5-3-9)16-20(17,18)11-6-7-12(13(14)19)15-8-11/h2-8,16H,1H3,(H2,14,19). The number of pyridine rings is 1. The molecule has 1 aromatic heterocycles. The smallest absolute Gasteiger partial charge is 0.263 e. The highest BCUT2D eigenvalue weighted by Gasteiger charge is 2.14. The van der Waals surface area contributed by atoms with Crippen molar-refractivity contribution in [2.24, 2.45) is 5.73 Å². The Hall–Kier alpha value is -1.99. The summed E-state index contributed by atoms with van der Waals surface area (Å²) in [7, 11) is -3.67. The van der Waals surface area contributed by atoms with Crippen molar-refractivity contribution in [1.82, 2.24) is 4.98 Å². The molecule has 1 heterocycles. The van der Waals surface area contributed by atoms with Crippen LogP contribution in [-0.2, 0) is 10.0 Å². The number of aryl methyl sites for hydroxylation is 1. The fourth-order valence-electron chi connectivity index (χ4n) is 1.52. The van der Waals surface area contributed by atoms with Gasteiger partial charge in [0.1, 0.15) is 9.88 Å². The van der Waals surface area contributed by atoms with Gasteiger partial charge in [0.25, 0.3) is 10.0 Å². The zero-order valence-electron chi connectivity index (χ0n) is 10.7. The summed E-state index contributed by atoms with van der Waals surface area (Å²) in [6.07, 6.45) is 1.23. The topological polar surface area (TPSA) is 85.1 Å². The quantitative estimate of drug-likeness (QED) is 0.842. The third kappa shape index (κ3) is 3.31. The van der Waals surface area contributed by atoms with Gasteiger partial charge in [-0.2, -0.15) is 0 Å². The summed E-state index contributed by atoms with van der Waals surface area (Å²) < 4.78 is 26.8. The van der Waals surface area contributed by atoms with Crippen LogP contribution in [0.4, 0.5) is 5.69 Å². The minimum Gasteiger partial charge on any atom is -0.388 e. The molecule has 20 heavy (non-hydrogen) atoms. The van der Waals surface area contributed by atoms with Crippen molar-refractivity contribution in [3.05, 3.63) is 53.9 Å². The molecule has 0 unspecified atom stereocenters. The van der Waals surface area contributed by atoms with Crippen molar-refractivity contribution in [3.63, 3.8) is 0 Å². The van der Waals surface area contributed by atoms with Gasteiger partial charge in [-0.1, -0.05) is 29.9 Å². The van der Waals surface area contributed by atoms with E-state index in [-0.39, 0.29) is 9.88 Å². The first-order chi connectivity index (χ1) is 9.38. The molecule has 104 valence electrons. The second-order valence-electron chi connectivity index (χ2n) is 4.21. The number of nitrogens with one attached hydrogen (secondary N) is 1. The van der Waals surface area contributed by atoms with Gasteiger partial charge in [0.15, 0.2) is 0 Å². The van der Waals surface area contributed by atoms with Crippen molar-refractivity contribution in [2.45, 2.75) is 11.8 Å². The number of benzene rings is 1. The Bertz CT molecular complexity index is 723. The minimum absolute atomic E-state index is 0.0538. The SMILES string of the molecule is Cc1ccc(NS(=O)(=O)c2ccc(C(N)=S)nc2)cc1. The Labute approximate surface area is 122 Å². The van der Waals surface area contributed by atoms with Gasteiger partial charge in [0, 0.05) is 11.9 Å². The molecule has 0 saturated heterocycles. The van der Waals surface area contributed by atoms with Gasteiger partial charge in [-0.3, -0.25) is 9.71 Å². The predicted molar refractivity (Wildman–Crippen MR) is 82.1 cm³/mol. The van der Waals surface area contributed by atoms with Crippen molar-refractivity contribution in [3.8, 4) is 0 Å². The van der Waals surface area contributed by atoms with Gasteiger partial charge in [-0.25, -0.2) is 8.42 Å². The molecule has 0 spiro atoms. The van der Waals surface area contributed by atoms with Crippen LogP contribution in [-0.4, -0.2) is 18.4 Å². The Balaban J connectivity index is 2.26. The van der Waals surface area contributed by atoms with E-state index in [0.717, 1.165) is 5.56 Å². The Morgan fingerprint density at radius 1 is 1.20 bits per heavy atom. The fourth-order valence-corrected chi connectivity index (χ4v) is 2.64. The van der Waals surface area contributed by atoms with E-state index in [9.17, 15) is 8.42 Å². The first kappa shape index (κ1) is 14.4. The van der Waals surface area contributed by atoms with Gasteiger partial charge < -0.3 is 5.73 Å². The number of thiocarbonyl (C=S) groups is 1. The number of nitrogens with zero attached hydrogens (tertiary/aromatic N) is 1. The summed E-state index contributed by atoms with van der Waals surface area (Å²) in [6, 6.07) is 9.94. The lowest BCUT2D eigenvalue weighted by atomic mass is 10.2. The maximum absolute atomic E-state index is 12.2. The van der Waals surface area contributed by atoms with Crippen molar-refractivity contribution >= 4 is 32.9 Å². The van der Waals surface area contributed by atoms with E-state index in [4.69, 9.17) is 18.0 Å². The summed E-state index contributed by atoms with van der Waals surface area (Å²) in [5, 5.41) is 0. The summed E-state index contributed by atoms with van der Waals surface area (Å²) in [6.45, 7) is 1.93. The highest BCUT2D eigenvalue weighted by Crippen LogP contribution is 2.16. The van der Waals surface area contributed by atoms with E-state index in [2.05, 4.69) is 9.71 Å². The lowest BCUT2D eigenvalue weighted by Crippen LogP contribution is -2.15. The Morgan fingerprint density at radius 3 is 2.35 bits per heavy atom. The normalized spacial score (nSPS) is 11.1. The predicted octanol–water partition coefficient (Wildman–Crippen LogP) is 1.83. The van der Waals surface area contributed by atoms with E-state index < -0.39 is 10.0 Å². The van der Waals surface area contributed by atoms with Crippen LogP contribution in [0, 0.1) is 6.92 Å². The highest BCUT2D eigenvalue weighted by atomic mass is 32.2. The minimum atomic E-state index is -3.67. The van der Waals surface area contributed by atoms with Crippen LogP contribution >= 0.6 is 12.2 Å². The van der Waals surface area contributed by atoms with E-state index in [1.165, 1.54) is 18.3 Å². The Morgan fingerprint density at radius 2 is 1.85 bits per heavy atom. The molecule has 0 fully saturated rings. The number of hydrogen-bond donors (Lipinski definition) is 2. The van der Waals surface area contributed by atoms with Crippen LogP contribution in [0.2, 0.25) is 0 Å². The summed E-state index contributed by atoms with van der Waals surface area (Å²) in [4.78, 5) is 4.09. The maximum atomic E-state index is 12.2. The van der Waals surface area contributed by atoms with Crippen molar-refractivity contribution in [1.29, 1.82) is 0 Å². The summed E-state index contributed by atoms with van der Waals surface area (Å²) in [5.74, 6) is 0. The summed E-state index contributed by atoms with van der Waals surface area (Å²) in [5.41, 5.74) is 7.34. The van der Waals surface area contributed by atoms with Gasteiger partial charge in [0.2, 0.25) is 0 Å². The zero-order chi connectivity index (χ0) is 14.8. The number of sulfonamides is 1. The molecule has 0 bridgehead atoms. The first-order valence-electron chi connectivity index (χ1n) is 5.74. The molecule has 0 atom stereocenters. The van der Waals surface area contributed by atoms with Crippen molar-refractivity contribution in [2.75, 3.05) is 4.72 Å². The number of aromatic nitrogens is 1. The molecule has 0 aliphatic carbocycles. The number of nitrogens with two attached hydrogens (primary N) is 1. The van der Waals surface area contributed by atoms with Gasteiger partial charge >= 0.3 is 0 Å². The van der Waals surface area contributed by atoms with Gasteiger partial charge in [-0.15, -0.1) is 0 Å². The van der Waals surface area contributed by atoms with Crippen LogP contribution < -0.4 is 10.5 Å². The molecule has 2 aromatic rings. The number of hydrogen-bond acceptors (Lipinski definition) is 4. The molecule has 0 amide bonds. The molecule has 1 aromatic carbocycles. The lowest BCUT2D eigenvalue weighted by molar-refractivity contribution is 0.601. The third-order valence-electron chi connectivity index (χ3n) is 2.60. The largest absolute Gasteiger partial charge is 0.388 e. The molecule has 3 N–H and O–H groups in total. The molecule has 0 aliphatic heterocycles. The number of rotatable bonds is 4. The van der Waals surface area contributed by atoms with E-state index in [1.54, 1.807) is 12.1 Å². The maximum Gasteiger partial charge on any atom is 0.263 e. The van der Waals surface area contributed by atoms with E-state index in [1.807, 2.05) is 19.1 Å². The molecule has 0 saturated carbocycles. The monoisotopic (exact) mass is 307 g/mol. The van der Waals surface area contributed by atoms with Gasteiger partial charge in [0.05, 0.1) is 5.69 Å². The van der Waals surface area contributed by atoms with E-state index in [0.29, 0.717) is 11.4 Å². The lowest BCUT2D eigenvalue weighted by Gasteiger charge is -2.08. The molecule has 5 nitrogen and oxygen atoms in total. The van der Waals surface area contributed by atoms with Crippen LogP contribution in [0.5, 0.6) is 0 Å². The summed E-state index contributed by atoms with van der Waals surface area (Å²) >= 11 is 4.77. The van der Waals surface area contributed by atoms with E-state index >= 15 is 0 Å². The van der Waals surface area contributed by atoms with Crippen LogP contribution in [0.1, 0.15) is 11.3 Å². The van der Waals surface area contributed by atoms with Crippen LogP contribution in [0.25, 0.3) is 0 Å². The van der Waals surface area contributed by atoms with Crippen LogP contribution in [0.3, 0.4) is 0 Å². The molecular formula is C13H13N3O2S2. The highest BCUT2D eigenvalue weighted by molar-refractivity contribution is 7.92.